The second-order valence-corrected chi connectivity index (χ2v) is 5.74. The molecule has 0 aliphatic heterocycles. The fourth-order valence-electron chi connectivity index (χ4n) is 2.53. The Morgan fingerprint density at radius 3 is 2.50 bits per heavy atom. The molecular formula is C19H17N3O4. The summed E-state index contributed by atoms with van der Waals surface area (Å²) in [6.07, 6.45) is 0. The van der Waals surface area contributed by atoms with Crippen molar-refractivity contribution in [2.24, 2.45) is 0 Å². The molecule has 3 rings (SSSR count). The summed E-state index contributed by atoms with van der Waals surface area (Å²) in [5.74, 6) is -1.14. The van der Waals surface area contributed by atoms with Gasteiger partial charge in [0.25, 0.3) is 0 Å². The number of Topliss-reactive ketones (excluding diaryl/α,β-unsaturated/α-hetero) is 1. The number of aryl methyl sites for hydroxylation is 1. The number of carbonyl (C=O) groups is 2. The molecular weight excluding hydrogens is 334 g/mol. The minimum absolute atomic E-state index is 0.150. The Morgan fingerprint density at radius 2 is 1.77 bits per heavy atom. The summed E-state index contributed by atoms with van der Waals surface area (Å²) in [6, 6.07) is 16.0. The summed E-state index contributed by atoms with van der Waals surface area (Å²) in [5, 5.41) is 6.29. The molecule has 0 spiro atoms. The summed E-state index contributed by atoms with van der Waals surface area (Å²) >= 11 is 0. The number of nitrogens with zero attached hydrogens (tertiary/aromatic N) is 2. The summed E-state index contributed by atoms with van der Waals surface area (Å²) in [5.41, 5.74) is 2.11. The molecule has 0 fully saturated rings. The van der Waals surface area contributed by atoms with Crippen LogP contribution in [-0.4, -0.2) is 28.0 Å². The Labute approximate surface area is 149 Å². The monoisotopic (exact) mass is 351 g/mol. The highest BCUT2D eigenvalue weighted by Crippen LogP contribution is 2.19. The van der Waals surface area contributed by atoms with Crippen LogP contribution in [-0.2, 0) is 11.3 Å². The fraction of sp³-hybridized carbons (Fsp3) is 0.158. The van der Waals surface area contributed by atoms with Gasteiger partial charge in [-0.25, -0.2) is 9.36 Å². The lowest BCUT2D eigenvalue weighted by molar-refractivity contribution is -0.121. The fourth-order valence-corrected chi connectivity index (χ4v) is 2.53. The number of hydrogen-bond acceptors (Lipinski definition) is 5. The molecule has 0 radical (unpaired) electrons. The zero-order valence-corrected chi connectivity index (χ0v) is 14.1. The minimum Gasteiger partial charge on any atom is -0.347 e. The number of rotatable bonds is 6. The van der Waals surface area contributed by atoms with Crippen molar-refractivity contribution in [2.75, 3.05) is 6.54 Å². The van der Waals surface area contributed by atoms with E-state index in [0.29, 0.717) is 11.1 Å². The summed E-state index contributed by atoms with van der Waals surface area (Å²) in [4.78, 5) is 36.1. The normalized spacial score (nSPS) is 10.5. The van der Waals surface area contributed by atoms with E-state index in [0.717, 1.165) is 10.1 Å². The lowest BCUT2D eigenvalue weighted by Crippen LogP contribution is -2.34. The van der Waals surface area contributed by atoms with E-state index in [1.807, 2.05) is 25.1 Å². The lowest BCUT2D eigenvalue weighted by atomic mass is 10.1. The van der Waals surface area contributed by atoms with E-state index >= 15 is 0 Å². The Bertz CT molecular complexity index is 989. The van der Waals surface area contributed by atoms with E-state index in [1.54, 1.807) is 36.4 Å². The van der Waals surface area contributed by atoms with Crippen molar-refractivity contribution >= 4 is 11.7 Å². The van der Waals surface area contributed by atoms with Gasteiger partial charge in [-0.15, -0.1) is 0 Å². The van der Waals surface area contributed by atoms with Crippen molar-refractivity contribution in [3.8, 4) is 11.4 Å². The van der Waals surface area contributed by atoms with Crippen LogP contribution >= 0.6 is 0 Å². The maximum Gasteiger partial charge on any atom is 0.442 e. The van der Waals surface area contributed by atoms with Crippen molar-refractivity contribution in [1.82, 2.24) is 15.0 Å². The molecule has 0 aliphatic rings. The largest absolute Gasteiger partial charge is 0.442 e. The predicted molar refractivity (Wildman–Crippen MR) is 94.7 cm³/mol. The van der Waals surface area contributed by atoms with Crippen molar-refractivity contribution in [3.63, 3.8) is 0 Å². The van der Waals surface area contributed by atoms with Crippen LogP contribution < -0.4 is 11.1 Å². The van der Waals surface area contributed by atoms with Gasteiger partial charge in [-0.05, 0) is 12.5 Å². The molecule has 1 amide bonds. The molecule has 0 bridgehead atoms. The van der Waals surface area contributed by atoms with Gasteiger partial charge in [-0.1, -0.05) is 59.8 Å². The van der Waals surface area contributed by atoms with E-state index in [-0.39, 0.29) is 24.7 Å². The van der Waals surface area contributed by atoms with Gasteiger partial charge in [0.2, 0.25) is 5.91 Å². The molecule has 7 heteroatoms. The van der Waals surface area contributed by atoms with E-state index in [1.165, 1.54) is 0 Å². The van der Waals surface area contributed by atoms with Crippen LogP contribution in [0.4, 0.5) is 0 Å². The topological polar surface area (TPSA) is 94.2 Å². The molecule has 1 N–H and O–H groups in total. The number of carbonyl (C=O) groups excluding carboxylic acids is 2. The third-order valence-electron chi connectivity index (χ3n) is 3.92. The van der Waals surface area contributed by atoms with Gasteiger partial charge in [0, 0.05) is 11.1 Å². The first-order valence-electron chi connectivity index (χ1n) is 8.03. The van der Waals surface area contributed by atoms with Crippen molar-refractivity contribution in [3.05, 3.63) is 76.3 Å². The van der Waals surface area contributed by atoms with Gasteiger partial charge < -0.3 is 5.32 Å². The SMILES string of the molecule is Cc1ccccc1-c1noc(=O)n1CC(=O)NCC(=O)c1ccccc1. The molecule has 0 saturated carbocycles. The van der Waals surface area contributed by atoms with Crippen LogP contribution in [0.1, 0.15) is 15.9 Å². The molecule has 0 unspecified atom stereocenters. The molecule has 7 nitrogen and oxygen atoms in total. The summed E-state index contributed by atoms with van der Waals surface area (Å²) < 4.78 is 5.85. The molecule has 26 heavy (non-hydrogen) atoms. The minimum atomic E-state index is -0.729. The average Bonchev–Trinajstić information content (AvgIpc) is 3.01. The third-order valence-corrected chi connectivity index (χ3v) is 3.92. The molecule has 0 atom stereocenters. The second kappa shape index (κ2) is 7.60. The van der Waals surface area contributed by atoms with Crippen LogP contribution in [0.25, 0.3) is 11.4 Å². The average molecular weight is 351 g/mol. The summed E-state index contributed by atoms with van der Waals surface area (Å²) in [6.45, 7) is 1.44. The molecule has 1 heterocycles. The van der Waals surface area contributed by atoms with Crippen LogP contribution in [0, 0.1) is 6.92 Å². The van der Waals surface area contributed by atoms with Crippen LogP contribution in [0.2, 0.25) is 0 Å². The second-order valence-electron chi connectivity index (χ2n) is 5.74. The first kappa shape index (κ1) is 17.3. The smallest absolute Gasteiger partial charge is 0.347 e. The van der Waals surface area contributed by atoms with Crippen molar-refractivity contribution < 1.29 is 14.1 Å². The zero-order valence-electron chi connectivity index (χ0n) is 14.1. The third kappa shape index (κ3) is 3.77. The van der Waals surface area contributed by atoms with E-state index in [2.05, 4.69) is 10.5 Å². The number of nitrogens with one attached hydrogen (secondary N) is 1. The lowest BCUT2D eigenvalue weighted by Gasteiger charge is -2.08. The van der Waals surface area contributed by atoms with Crippen molar-refractivity contribution in [1.29, 1.82) is 0 Å². The Morgan fingerprint density at radius 1 is 1.08 bits per heavy atom. The zero-order chi connectivity index (χ0) is 18.5. The maximum atomic E-state index is 12.2. The van der Waals surface area contributed by atoms with Crippen LogP contribution in [0.15, 0.2) is 63.9 Å². The van der Waals surface area contributed by atoms with Gasteiger partial charge >= 0.3 is 5.76 Å². The number of hydrogen-bond donors (Lipinski definition) is 1. The van der Waals surface area contributed by atoms with Crippen LogP contribution in [0.3, 0.4) is 0 Å². The van der Waals surface area contributed by atoms with Gasteiger partial charge in [-0.3, -0.25) is 14.1 Å². The van der Waals surface area contributed by atoms with Gasteiger partial charge in [0.15, 0.2) is 11.6 Å². The van der Waals surface area contributed by atoms with E-state index in [4.69, 9.17) is 4.52 Å². The Kier molecular flexibility index (Phi) is 5.07. The highest BCUT2D eigenvalue weighted by atomic mass is 16.5. The van der Waals surface area contributed by atoms with Crippen LogP contribution in [0.5, 0.6) is 0 Å². The first-order chi connectivity index (χ1) is 12.6. The summed E-state index contributed by atoms with van der Waals surface area (Å²) in [7, 11) is 0. The van der Waals surface area contributed by atoms with E-state index in [9.17, 15) is 14.4 Å². The Balaban J connectivity index is 1.71. The molecule has 0 aliphatic carbocycles. The number of benzene rings is 2. The van der Waals surface area contributed by atoms with Gasteiger partial charge in [-0.2, -0.15) is 0 Å². The highest BCUT2D eigenvalue weighted by Gasteiger charge is 2.17. The number of amides is 1. The highest BCUT2D eigenvalue weighted by molar-refractivity contribution is 5.99. The molecule has 3 aromatic rings. The molecule has 132 valence electrons. The van der Waals surface area contributed by atoms with Gasteiger partial charge in [0.05, 0.1) is 6.54 Å². The Hall–Kier alpha value is -3.48. The predicted octanol–water partition coefficient (Wildman–Crippen LogP) is 1.81. The van der Waals surface area contributed by atoms with Gasteiger partial charge in [0.1, 0.15) is 6.54 Å². The maximum absolute atomic E-state index is 12.2. The number of ketones is 1. The molecule has 1 aromatic heterocycles. The van der Waals surface area contributed by atoms with E-state index < -0.39 is 11.7 Å². The number of aromatic nitrogens is 2. The quantitative estimate of drug-likeness (QED) is 0.684. The first-order valence-corrected chi connectivity index (χ1v) is 8.03. The van der Waals surface area contributed by atoms with Crippen molar-refractivity contribution in [2.45, 2.75) is 13.5 Å². The molecule has 2 aromatic carbocycles. The molecule has 0 saturated heterocycles. The standard InChI is InChI=1S/C19H17N3O4/c1-13-7-5-6-10-15(13)18-21-26-19(25)22(18)12-17(24)20-11-16(23)14-8-3-2-4-9-14/h2-10H,11-12H2,1H3,(H,20,24).